The molecule has 0 saturated carbocycles. The van der Waals surface area contributed by atoms with Gasteiger partial charge in [0.25, 0.3) is 0 Å². The number of hydrogen-bond acceptors (Lipinski definition) is 1. The third-order valence-electron chi connectivity index (χ3n) is 4.04. The van der Waals surface area contributed by atoms with E-state index < -0.39 is 0 Å². The van der Waals surface area contributed by atoms with Crippen molar-refractivity contribution in [2.75, 3.05) is 7.05 Å². The van der Waals surface area contributed by atoms with Gasteiger partial charge < -0.3 is 5.32 Å². The molecule has 0 bridgehead atoms. The van der Waals surface area contributed by atoms with Crippen molar-refractivity contribution in [2.45, 2.75) is 20.4 Å². The molecule has 0 amide bonds. The lowest BCUT2D eigenvalue weighted by Gasteiger charge is -2.16. The van der Waals surface area contributed by atoms with E-state index in [1.807, 2.05) is 7.05 Å². The second-order valence-corrected chi connectivity index (χ2v) is 5.67. The minimum atomic E-state index is 0.887. The van der Waals surface area contributed by atoms with Gasteiger partial charge >= 0.3 is 0 Å². The molecule has 1 N–H and O–H groups in total. The molecule has 3 aromatic carbocycles. The van der Waals surface area contributed by atoms with Gasteiger partial charge in [-0.3, -0.25) is 0 Å². The van der Waals surface area contributed by atoms with Crippen LogP contribution in [-0.2, 0) is 6.54 Å². The van der Waals surface area contributed by atoms with Gasteiger partial charge in [-0.25, -0.2) is 0 Å². The van der Waals surface area contributed by atoms with Crippen molar-refractivity contribution in [1.82, 2.24) is 5.32 Å². The molecule has 1 nitrogen and oxygen atoms in total. The molecule has 0 heterocycles. The molecule has 106 valence electrons. The first-order chi connectivity index (χ1) is 10.2. The van der Waals surface area contributed by atoms with E-state index in [1.54, 1.807) is 0 Å². The van der Waals surface area contributed by atoms with Crippen LogP contribution in [0.4, 0.5) is 0 Å². The Morgan fingerprint density at radius 2 is 1.71 bits per heavy atom. The summed E-state index contributed by atoms with van der Waals surface area (Å²) in [6.45, 7) is 5.25. The Labute approximate surface area is 126 Å². The highest BCUT2D eigenvalue weighted by molar-refractivity contribution is 5.99. The highest BCUT2D eigenvalue weighted by Crippen LogP contribution is 2.34. The molecule has 0 aliphatic rings. The normalized spacial score (nSPS) is 11.0. The molecule has 0 aliphatic carbocycles. The summed E-state index contributed by atoms with van der Waals surface area (Å²) in [6.07, 6.45) is 0. The van der Waals surface area contributed by atoms with Gasteiger partial charge in [0.05, 0.1) is 0 Å². The summed E-state index contributed by atoms with van der Waals surface area (Å²) < 4.78 is 0. The van der Waals surface area contributed by atoms with Crippen LogP contribution in [0.5, 0.6) is 0 Å². The van der Waals surface area contributed by atoms with E-state index in [2.05, 4.69) is 73.8 Å². The molecular weight excluding hydrogens is 254 g/mol. The van der Waals surface area contributed by atoms with Crippen molar-refractivity contribution in [2.24, 2.45) is 0 Å². The molecule has 0 spiro atoms. The molecular formula is C20H21N. The van der Waals surface area contributed by atoms with Crippen LogP contribution < -0.4 is 5.32 Å². The largest absolute Gasteiger partial charge is 0.316 e. The minimum absolute atomic E-state index is 0.887. The fraction of sp³-hybridized carbons (Fsp3) is 0.200. The molecule has 21 heavy (non-hydrogen) atoms. The van der Waals surface area contributed by atoms with Gasteiger partial charge in [-0.1, -0.05) is 60.2 Å². The number of fused-ring (bicyclic) bond motifs is 1. The number of benzene rings is 3. The fourth-order valence-corrected chi connectivity index (χ4v) is 3.01. The zero-order valence-corrected chi connectivity index (χ0v) is 12.9. The van der Waals surface area contributed by atoms with Crippen molar-refractivity contribution in [3.63, 3.8) is 0 Å². The van der Waals surface area contributed by atoms with Crippen molar-refractivity contribution < 1.29 is 0 Å². The van der Waals surface area contributed by atoms with Crippen molar-refractivity contribution in [3.05, 3.63) is 71.3 Å². The van der Waals surface area contributed by atoms with Gasteiger partial charge in [0.15, 0.2) is 0 Å². The summed E-state index contributed by atoms with van der Waals surface area (Å²) in [5, 5.41) is 5.92. The van der Waals surface area contributed by atoms with Crippen LogP contribution in [0.1, 0.15) is 16.7 Å². The maximum absolute atomic E-state index is 3.28. The zero-order valence-electron chi connectivity index (χ0n) is 12.9. The van der Waals surface area contributed by atoms with Gasteiger partial charge in [0.2, 0.25) is 0 Å². The highest BCUT2D eigenvalue weighted by Gasteiger charge is 2.11. The van der Waals surface area contributed by atoms with Crippen LogP contribution in [0.15, 0.2) is 54.6 Å². The van der Waals surface area contributed by atoms with Gasteiger partial charge in [-0.05, 0) is 53.9 Å². The van der Waals surface area contributed by atoms with Crippen molar-refractivity contribution in [3.8, 4) is 11.1 Å². The summed E-state index contributed by atoms with van der Waals surface area (Å²) in [6, 6.07) is 19.8. The smallest absolute Gasteiger partial charge is 0.0208 e. The maximum Gasteiger partial charge on any atom is 0.0208 e. The van der Waals surface area contributed by atoms with Crippen LogP contribution in [0, 0.1) is 13.8 Å². The van der Waals surface area contributed by atoms with Crippen LogP contribution in [0.25, 0.3) is 21.9 Å². The maximum atomic E-state index is 3.28. The van der Waals surface area contributed by atoms with Crippen LogP contribution >= 0.6 is 0 Å². The molecule has 1 heteroatoms. The molecule has 3 aromatic rings. The van der Waals surface area contributed by atoms with E-state index in [0.717, 1.165) is 6.54 Å². The predicted octanol–water partition coefficient (Wildman–Crippen LogP) is 4.84. The molecule has 0 radical (unpaired) electrons. The average Bonchev–Trinajstić information content (AvgIpc) is 2.49. The highest BCUT2D eigenvalue weighted by atomic mass is 14.8. The Bertz CT molecular complexity index is 787. The lowest BCUT2D eigenvalue weighted by Crippen LogP contribution is -2.07. The zero-order chi connectivity index (χ0) is 14.8. The number of hydrogen-bond donors (Lipinski definition) is 1. The second kappa shape index (κ2) is 5.71. The van der Waals surface area contributed by atoms with Gasteiger partial charge in [0, 0.05) is 6.54 Å². The third kappa shape index (κ3) is 2.57. The standard InChI is InChI=1S/C20H21N/c1-14-8-10-17(13-21-3)19(12-14)20-15(2)9-11-16-6-4-5-7-18(16)20/h4-12,21H,13H2,1-3H3. The van der Waals surface area contributed by atoms with Crippen LogP contribution in [-0.4, -0.2) is 7.05 Å². The molecule has 0 saturated heterocycles. The third-order valence-corrected chi connectivity index (χ3v) is 4.04. The topological polar surface area (TPSA) is 12.0 Å². The van der Waals surface area contributed by atoms with Crippen molar-refractivity contribution >= 4 is 10.8 Å². The van der Waals surface area contributed by atoms with Crippen LogP contribution in [0.2, 0.25) is 0 Å². The monoisotopic (exact) mass is 275 g/mol. The molecule has 0 fully saturated rings. The predicted molar refractivity (Wildman–Crippen MR) is 91.6 cm³/mol. The van der Waals surface area contributed by atoms with Gasteiger partial charge in [0.1, 0.15) is 0 Å². The molecule has 0 aromatic heterocycles. The van der Waals surface area contributed by atoms with Crippen LogP contribution in [0.3, 0.4) is 0 Å². The lowest BCUT2D eigenvalue weighted by atomic mass is 9.90. The Morgan fingerprint density at radius 1 is 0.905 bits per heavy atom. The molecule has 0 unspecified atom stereocenters. The van der Waals surface area contributed by atoms with E-state index in [1.165, 1.54) is 38.6 Å². The van der Waals surface area contributed by atoms with E-state index in [-0.39, 0.29) is 0 Å². The first-order valence-electron chi connectivity index (χ1n) is 7.43. The first-order valence-corrected chi connectivity index (χ1v) is 7.43. The summed E-state index contributed by atoms with van der Waals surface area (Å²) >= 11 is 0. The first kappa shape index (κ1) is 13.8. The minimum Gasteiger partial charge on any atom is -0.316 e. The summed E-state index contributed by atoms with van der Waals surface area (Å²) in [4.78, 5) is 0. The van der Waals surface area contributed by atoms with E-state index >= 15 is 0 Å². The molecule has 3 rings (SSSR count). The van der Waals surface area contributed by atoms with Gasteiger partial charge in [-0.2, -0.15) is 0 Å². The Balaban J connectivity index is 2.34. The summed E-state index contributed by atoms with van der Waals surface area (Å²) in [7, 11) is 2.00. The van der Waals surface area contributed by atoms with Crippen molar-refractivity contribution in [1.29, 1.82) is 0 Å². The number of aryl methyl sites for hydroxylation is 2. The summed E-state index contributed by atoms with van der Waals surface area (Å²) in [5.41, 5.74) is 6.69. The fourth-order valence-electron chi connectivity index (χ4n) is 3.01. The average molecular weight is 275 g/mol. The Morgan fingerprint density at radius 3 is 2.52 bits per heavy atom. The van der Waals surface area contributed by atoms with Gasteiger partial charge in [-0.15, -0.1) is 0 Å². The van der Waals surface area contributed by atoms with E-state index in [4.69, 9.17) is 0 Å². The van der Waals surface area contributed by atoms with E-state index in [0.29, 0.717) is 0 Å². The Kier molecular flexibility index (Phi) is 3.76. The van der Waals surface area contributed by atoms with E-state index in [9.17, 15) is 0 Å². The Hall–Kier alpha value is -2.12. The molecule has 0 aliphatic heterocycles. The number of rotatable bonds is 3. The number of nitrogens with one attached hydrogen (secondary N) is 1. The molecule has 0 atom stereocenters. The quantitative estimate of drug-likeness (QED) is 0.721. The second-order valence-electron chi connectivity index (χ2n) is 5.67. The lowest BCUT2D eigenvalue weighted by molar-refractivity contribution is 0.819. The SMILES string of the molecule is CNCc1ccc(C)cc1-c1c(C)ccc2ccccc12. The summed E-state index contributed by atoms with van der Waals surface area (Å²) in [5.74, 6) is 0.